The molecule has 0 fully saturated rings. The van der Waals surface area contributed by atoms with Crippen molar-refractivity contribution in [2.75, 3.05) is 13.2 Å². The molecule has 0 spiro atoms. The minimum absolute atomic E-state index is 0.0981. The zero-order chi connectivity index (χ0) is 45.1. The van der Waals surface area contributed by atoms with E-state index in [4.69, 9.17) is 14.2 Å². The van der Waals surface area contributed by atoms with E-state index in [0.717, 1.165) is 70.6 Å². The van der Waals surface area contributed by atoms with Gasteiger partial charge in [-0.2, -0.15) is 0 Å². The second kappa shape index (κ2) is 50.5. The Kier molecular flexibility index (Phi) is 47.9. The Morgan fingerprint density at radius 3 is 1.10 bits per heavy atom. The van der Waals surface area contributed by atoms with Crippen molar-refractivity contribution in [2.45, 2.75) is 252 Å². The molecule has 1 unspecified atom stereocenters. The maximum absolute atomic E-state index is 12.8. The summed E-state index contributed by atoms with van der Waals surface area (Å²) in [6, 6.07) is 0. The molecule has 0 amide bonds. The highest BCUT2D eigenvalue weighted by atomic mass is 16.6. The van der Waals surface area contributed by atoms with E-state index in [1.54, 1.807) is 0 Å². The van der Waals surface area contributed by atoms with Gasteiger partial charge in [0.25, 0.3) is 0 Å². The third-order valence-electron chi connectivity index (χ3n) is 11.0. The van der Waals surface area contributed by atoms with Gasteiger partial charge in [-0.1, -0.05) is 222 Å². The predicted molar refractivity (Wildman–Crippen MR) is 265 cm³/mol. The lowest BCUT2D eigenvalue weighted by atomic mass is 10.0. The monoisotopic (exact) mass is 865 g/mol. The SMILES string of the molecule is CC/C=C\C/C=C\C/C=C\C/C=C\C/C=C\CCC(=O)OCC(COC(=O)CCCCCCCCCCCCCCC)OC(=O)CCCCCCCCC/C=C\CCCCCC. The van der Waals surface area contributed by atoms with E-state index in [0.29, 0.717) is 19.3 Å². The molecule has 0 heterocycles. The highest BCUT2D eigenvalue weighted by molar-refractivity contribution is 5.71. The zero-order valence-electron chi connectivity index (χ0n) is 40.6. The highest BCUT2D eigenvalue weighted by Crippen LogP contribution is 2.15. The minimum Gasteiger partial charge on any atom is -0.462 e. The summed E-state index contributed by atoms with van der Waals surface area (Å²) in [5.74, 6) is -0.986. The number of ether oxygens (including phenoxy) is 3. The molecule has 0 aromatic rings. The minimum atomic E-state index is -0.805. The Morgan fingerprint density at radius 1 is 0.339 bits per heavy atom. The summed E-state index contributed by atoms with van der Waals surface area (Å²) in [6.45, 7) is 6.45. The Balaban J connectivity index is 4.48. The molecule has 0 saturated heterocycles. The molecule has 6 heteroatoms. The van der Waals surface area contributed by atoms with Gasteiger partial charge in [-0.3, -0.25) is 14.4 Å². The zero-order valence-corrected chi connectivity index (χ0v) is 40.6. The second-order valence-electron chi connectivity index (χ2n) is 17.1. The maximum Gasteiger partial charge on any atom is 0.306 e. The first-order chi connectivity index (χ1) is 30.5. The average Bonchev–Trinajstić information content (AvgIpc) is 3.27. The quantitative estimate of drug-likeness (QED) is 0.0262. The fraction of sp³-hybridized carbons (Fsp3) is 0.732. The van der Waals surface area contributed by atoms with E-state index >= 15 is 0 Å². The average molecular weight is 865 g/mol. The standard InChI is InChI=1S/C56H96O6/c1-4-7-10-13-16-19-22-25-27-29-31-34-37-40-43-46-49-55(58)61-52-53(51-60-54(57)48-45-42-39-36-33-30-24-21-18-15-12-9-6-3)62-56(59)50-47-44-41-38-35-32-28-26-23-20-17-14-11-8-5-2/h7,10,16,19-20,23,25,27,31,34,40,43,53H,4-6,8-9,11-15,17-18,21-22,24,26,28-30,32-33,35-39,41-42,44-52H2,1-3H3/b10-7-,19-16-,23-20-,27-25-,34-31-,43-40-. The number of rotatable bonds is 46. The molecule has 0 rings (SSSR count). The number of allylic oxidation sites excluding steroid dienone is 12. The van der Waals surface area contributed by atoms with Gasteiger partial charge in [0.2, 0.25) is 0 Å². The lowest BCUT2D eigenvalue weighted by molar-refractivity contribution is -0.166. The summed E-state index contributed by atoms with van der Waals surface area (Å²) in [7, 11) is 0. The molecular weight excluding hydrogens is 769 g/mol. The number of carbonyl (C=O) groups is 3. The highest BCUT2D eigenvalue weighted by Gasteiger charge is 2.19. The molecule has 0 aliphatic rings. The summed E-state index contributed by atoms with van der Waals surface area (Å²) in [4.78, 5) is 37.9. The van der Waals surface area contributed by atoms with Crippen LogP contribution in [0.25, 0.3) is 0 Å². The topological polar surface area (TPSA) is 78.9 Å². The van der Waals surface area contributed by atoms with Crippen LogP contribution in [0.15, 0.2) is 72.9 Å². The fourth-order valence-electron chi connectivity index (χ4n) is 7.07. The van der Waals surface area contributed by atoms with Crippen molar-refractivity contribution in [3.8, 4) is 0 Å². The molecule has 0 aromatic heterocycles. The van der Waals surface area contributed by atoms with Crippen LogP contribution in [0.5, 0.6) is 0 Å². The van der Waals surface area contributed by atoms with Crippen LogP contribution in [-0.2, 0) is 28.6 Å². The van der Waals surface area contributed by atoms with Crippen LogP contribution in [0, 0.1) is 0 Å². The number of carbonyl (C=O) groups excluding carboxylic acids is 3. The molecule has 356 valence electrons. The van der Waals surface area contributed by atoms with Gasteiger partial charge in [-0.25, -0.2) is 0 Å². The third-order valence-corrected chi connectivity index (χ3v) is 11.0. The Hall–Kier alpha value is -3.15. The summed E-state index contributed by atoms with van der Waals surface area (Å²) in [5, 5.41) is 0. The van der Waals surface area contributed by atoms with E-state index in [2.05, 4.69) is 87.6 Å². The van der Waals surface area contributed by atoms with Gasteiger partial charge in [-0.15, -0.1) is 0 Å². The Bertz CT molecular complexity index is 1180. The summed E-state index contributed by atoms with van der Waals surface area (Å²) in [6.07, 6.45) is 63.2. The fourth-order valence-corrected chi connectivity index (χ4v) is 7.07. The van der Waals surface area contributed by atoms with Crippen LogP contribution >= 0.6 is 0 Å². The van der Waals surface area contributed by atoms with Crippen molar-refractivity contribution in [1.29, 1.82) is 0 Å². The Labute approximate surface area is 382 Å². The molecule has 1 atom stereocenters. The second-order valence-corrected chi connectivity index (χ2v) is 17.1. The maximum atomic E-state index is 12.8. The first kappa shape index (κ1) is 58.9. The van der Waals surface area contributed by atoms with Gasteiger partial charge in [0.05, 0.1) is 0 Å². The third kappa shape index (κ3) is 47.9. The number of unbranched alkanes of at least 4 members (excludes halogenated alkanes) is 23. The van der Waals surface area contributed by atoms with Crippen LogP contribution in [0.2, 0.25) is 0 Å². The van der Waals surface area contributed by atoms with Gasteiger partial charge in [-0.05, 0) is 77.0 Å². The van der Waals surface area contributed by atoms with Gasteiger partial charge in [0, 0.05) is 19.3 Å². The molecule has 0 N–H and O–H groups in total. The van der Waals surface area contributed by atoms with Gasteiger partial charge < -0.3 is 14.2 Å². The van der Waals surface area contributed by atoms with Crippen molar-refractivity contribution < 1.29 is 28.6 Å². The van der Waals surface area contributed by atoms with Gasteiger partial charge in [0.1, 0.15) is 13.2 Å². The van der Waals surface area contributed by atoms with Crippen LogP contribution < -0.4 is 0 Å². The molecular formula is C56H96O6. The van der Waals surface area contributed by atoms with Crippen LogP contribution in [0.3, 0.4) is 0 Å². The normalized spacial score (nSPS) is 12.6. The summed E-state index contributed by atoms with van der Waals surface area (Å²) in [5.41, 5.74) is 0. The van der Waals surface area contributed by atoms with E-state index in [9.17, 15) is 14.4 Å². The van der Waals surface area contributed by atoms with Crippen molar-refractivity contribution in [2.24, 2.45) is 0 Å². The van der Waals surface area contributed by atoms with Crippen molar-refractivity contribution in [3.05, 3.63) is 72.9 Å². The molecule has 0 bridgehead atoms. The van der Waals surface area contributed by atoms with E-state index in [1.165, 1.54) is 128 Å². The lowest BCUT2D eigenvalue weighted by Gasteiger charge is -2.18. The van der Waals surface area contributed by atoms with E-state index in [-0.39, 0.29) is 37.5 Å². The van der Waals surface area contributed by atoms with Gasteiger partial charge >= 0.3 is 17.9 Å². The summed E-state index contributed by atoms with van der Waals surface area (Å²) >= 11 is 0. The molecule has 0 aliphatic carbocycles. The van der Waals surface area contributed by atoms with E-state index < -0.39 is 6.10 Å². The predicted octanol–water partition coefficient (Wildman–Crippen LogP) is 17.0. The number of esters is 3. The van der Waals surface area contributed by atoms with Crippen molar-refractivity contribution in [3.63, 3.8) is 0 Å². The first-order valence-electron chi connectivity index (χ1n) is 25.9. The van der Waals surface area contributed by atoms with Crippen LogP contribution in [-0.4, -0.2) is 37.2 Å². The van der Waals surface area contributed by atoms with Crippen LogP contribution in [0.1, 0.15) is 245 Å². The molecule has 6 nitrogen and oxygen atoms in total. The lowest BCUT2D eigenvalue weighted by Crippen LogP contribution is -2.30. The summed E-state index contributed by atoms with van der Waals surface area (Å²) < 4.78 is 16.7. The largest absolute Gasteiger partial charge is 0.462 e. The first-order valence-corrected chi connectivity index (χ1v) is 25.9. The molecule has 0 saturated carbocycles. The van der Waals surface area contributed by atoms with Crippen LogP contribution in [0.4, 0.5) is 0 Å². The molecule has 0 aromatic carbocycles. The molecule has 62 heavy (non-hydrogen) atoms. The van der Waals surface area contributed by atoms with Gasteiger partial charge in [0.15, 0.2) is 6.10 Å². The van der Waals surface area contributed by atoms with Crippen molar-refractivity contribution in [1.82, 2.24) is 0 Å². The molecule has 0 radical (unpaired) electrons. The van der Waals surface area contributed by atoms with E-state index in [1.807, 2.05) is 6.08 Å². The number of hydrogen-bond acceptors (Lipinski definition) is 6. The van der Waals surface area contributed by atoms with Crippen molar-refractivity contribution >= 4 is 17.9 Å². The number of hydrogen-bond donors (Lipinski definition) is 0. The smallest absolute Gasteiger partial charge is 0.306 e. The molecule has 0 aliphatic heterocycles. The Morgan fingerprint density at radius 2 is 0.661 bits per heavy atom.